The number of nitrogens with zero attached hydrogens (tertiary/aromatic N) is 6. The molecule has 7 rings (SSSR count). The number of nitrogens with one attached hydrogen (secondary N) is 3. The van der Waals surface area contributed by atoms with Gasteiger partial charge in [0, 0.05) is 35.3 Å². The Hall–Kier alpha value is -6.54. The van der Waals surface area contributed by atoms with Crippen LogP contribution in [0.1, 0.15) is 0 Å². The first-order chi connectivity index (χ1) is 24.3. The summed E-state index contributed by atoms with van der Waals surface area (Å²) in [6, 6.07) is 0. The smallest absolute Gasteiger partial charge is 0.173 e. The van der Waals surface area contributed by atoms with Gasteiger partial charge in [-0.05, 0) is 0 Å². The molecular formula is C30H9F12N9. The van der Waals surface area contributed by atoms with Crippen molar-refractivity contribution in [3.8, 4) is 67.5 Å². The number of hydrogen-bond donors (Lipinski definition) is 3. The maximum absolute atomic E-state index is 15.6. The van der Waals surface area contributed by atoms with Crippen LogP contribution < -0.4 is 0 Å². The van der Waals surface area contributed by atoms with Crippen molar-refractivity contribution < 1.29 is 52.7 Å². The van der Waals surface area contributed by atoms with Crippen LogP contribution in [0, 0.1) is 69.8 Å². The van der Waals surface area contributed by atoms with E-state index in [4.69, 9.17) is 0 Å². The van der Waals surface area contributed by atoms with E-state index in [-0.39, 0.29) is 0 Å². The molecule has 0 saturated heterocycles. The normalized spacial score (nSPS) is 11.5. The Morgan fingerprint density at radius 3 is 0.667 bits per heavy atom. The van der Waals surface area contributed by atoms with E-state index in [9.17, 15) is 0 Å². The van der Waals surface area contributed by atoms with E-state index in [0.29, 0.717) is 0 Å². The van der Waals surface area contributed by atoms with E-state index >= 15 is 52.7 Å². The number of benzene rings is 3. The fraction of sp³-hybridized carbons (Fsp3) is 0. The lowest BCUT2D eigenvalue weighted by molar-refractivity contribution is 0.459. The van der Waals surface area contributed by atoms with Gasteiger partial charge in [0.05, 0.1) is 52.0 Å². The van der Waals surface area contributed by atoms with Crippen LogP contribution in [-0.2, 0) is 0 Å². The summed E-state index contributed by atoms with van der Waals surface area (Å²) in [7, 11) is 0. The molecule has 0 radical (unpaired) electrons. The molecule has 0 aliphatic heterocycles. The van der Waals surface area contributed by atoms with E-state index in [1.54, 1.807) is 0 Å². The quantitative estimate of drug-likeness (QED) is 0.119. The first-order valence-electron chi connectivity index (χ1n) is 13.7. The van der Waals surface area contributed by atoms with Gasteiger partial charge in [-0.1, -0.05) is 0 Å². The van der Waals surface area contributed by atoms with Crippen molar-refractivity contribution in [3.05, 3.63) is 107 Å². The van der Waals surface area contributed by atoms with Gasteiger partial charge in [0.25, 0.3) is 0 Å². The Labute approximate surface area is 273 Å². The van der Waals surface area contributed by atoms with Crippen LogP contribution in [0.4, 0.5) is 52.7 Å². The monoisotopic (exact) mass is 723 g/mol. The van der Waals surface area contributed by atoms with Crippen LogP contribution in [0.15, 0.2) is 37.2 Å². The summed E-state index contributed by atoms with van der Waals surface area (Å²) < 4.78 is 185. The average Bonchev–Trinajstić information content (AvgIpc) is 3.92. The lowest BCUT2D eigenvalue weighted by atomic mass is 10.0. The SMILES string of the molecule is Fc1c(F)c(-c2nc(-c3c(F)c(F)c(-c4cn[nH]c4)c(F)c3F)nc(-c3c(F)c(F)c(-c4cn[nH]c4)c(F)c3F)n2)c(F)c(F)c1-c1cn[nH]c1. The highest BCUT2D eigenvalue weighted by Gasteiger charge is 2.35. The molecule has 7 aromatic rings. The average molecular weight is 723 g/mol. The summed E-state index contributed by atoms with van der Waals surface area (Å²) >= 11 is 0. The Balaban J connectivity index is 1.56. The number of aromatic nitrogens is 9. The summed E-state index contributed by atoms with van der Waals surface area (Å²) in [4.78, 5) is 9.97. The number of rotatable bonds is 6. The predicted octanol–water partition coefficient (Wildman–Crippen LogP) is 7.71. The summed E-state index contributed by atoms with van der Waals surface area (Å²) in [5.74, 6) is -31.8. The molecule has 4 aromatic heterocycles. The lowest BCUT2D eigenvalue weighted by Gasteiger charge is -2.15. The van der Waals surface area contributed by atoms with E-state index in [1.165, 1.54) is 0 Å². The molecule has 0 unspecified atom stereocenters. The molecule has 3 N–H and O–H groups in total. The third kappa shape index (κ3) is 4.98. The summed E-state index contributed by atoms with van der Waals surface area (Å²) in [6.07, 6.45) is 4.81. The molecule has 0 spiro atoms. The van der Waals surface area contributed by atoms with Gasteiger partial charge < -0.3 is 0 Å². The Kier molecular flexibility index (Phi) is 7.83. The zero-order valence-corrected chi connectivity index (χ0v) is 24.2. The molecule has 21 heteroatoms. The van der Waals surface area contributed by atoms with Crippen molar-refractivity contribution in [2.75, 3.05) is 0 Å². The van der Waals surface area contributed by atoms with Gasteiger partial charge in [0.15, 0.2) is 87.3 Å². The van der Waals surface area contributed by atoms with Crippen LogP contribution in [-0.4, -0.2) is 45.5 Å². The molecular weight excluding hydrogens is 714 g/mol. The van der Waals surface area contributed by atoms with Gasteiger partial charge in [-0.25, -0.2) is 67.6 Å². The highest BCUT2D eigenvalue weighted by atomic mass is 19.2. The molecule has 0 fully saturated rings. The number of aromatic amines is 3. The summed E-state index contributed by atoms with van der Waals surface area (Å²) in [5, 5.41) is 16.7. The minimum absolute atomic E-state index is 0.521. The van der Waals surface area contributed by atoms with E-state index in [1.807, 2.05) is 0 Å². The molecule has 3 aromatic carbocycles. The van der Waals surface area contributed by atoms with Crippen molar-refractivity contribution in [2.24, 2.45) is 0 Å². The number of hydrogen-bond acceptors (Lipinski definition) is 6. The van der Waals surface area contributed by atoms with Crippen molar-refractivity contribution >= 4 is 0 Å². The van der Waals surface area contributed by atoms with Crippen LogP contribution in [0.5, 0.6) is 0 Å². The van der Waals surface area contributed by atoms with Gasteiger partial charge >= 0.3 is 0 Å². The third-order valence-electron chi connectivity index (χ3n) is 7.46. The van der Waals surface area contributed by atoms with Gasteiger partial charge in [-0.15, -0.1) is 0 Å². The Morgan fingerprint density at radius 2 is 0.490 bits per heavy atom. The standard InChI is InChI=1S/C30H9F12N9/c31-16-10(7-1-43-44-2-7)17(32)23(38)13(22(16)37)28-49-29(14-24(39)18(33)11(19(34)25(14)40)8-3-45-46-4-8)51-30(50-28)15-26(41)20(35)12(21(36)27(15)42)9-5-47-48-6-9/h1-6H,(H,43,44)(H,45,46)(H,47,48). The maximum atomic E-state index is 15.6. The maximum Gasteiger partial charge on any atom is 0.173 e. The molecule has 9 nitrogen and oxygen atoms in total. The van der Waals surface area contributed by atoms with Crippen LogP contribution in [0.2, 0.25) is 0 Å². The van der Waals surface area contributed by atoms with E-state index in [0.717, 1.165) is 37.2 Å². The van der Waals surface area contributed by atoms with E-state index < -0.39 is 137 Å². The molecule has 0 atom stereocenters. The number of H-pyrrole nitrogens is 3. The van der Waals surface area contributed by atoms with Gasteiger partial charge in [-0.2, -0.15) is 15.3 Å². The number of halogens is 12. The minimum Gasteiger partial charge on any atom is -0.285 e. The third-order valence-corrected chi connectivity index (χ3v) is 7.46. The Morgan fingerprint density at radius 1 is 0.294 bits per heavy atom. The first-order valence-corrected chi connectivity index (χ1v) is 13.7. The zero-order valence-electron chi connectivity index (χ0n) is 24.2. The second kappa shape index (κ2) is 12.1. The second-order valence-electron chi connectivity index (χ2n) is 10.3. The zero-order chi connectivity index (χ0) is 36.5. The lowest BCUT2D eigenvalue weighted by Crippen LogP contribution is -2.11. The van der Waals surface area contributed by atoms with Crippen molar-refractivity contribution in [1.29, 1.82) is 0 Å². The fourth-order valence-electron chi connectivity index (χ4n) is 5.12. The molecule has 0 saturated carbocycles. The summed E-state index contributed by atoms with van der Waals surface area (Å²) in [6.45, 7) is 0. The molecule has 0 amide bonds. The Bertz CT molecular complexity index is 2130. The topological polar surface area (TPSA) is 125 Å². The van der Waals surface area contributed by atoms with Crippen LogP contribution in [0.25, 0.3) is 67.5 Å². The molecule has 258 valence electrons. The van der Waals surface area contributed by atoms with Crippen molar-refractivity contribution in [2.45, 2.75) is 0 Å². The summed E-state index contributed by atoms with van der Waals surface area (Å²) in [5.41, 5.74) is -11.3. The highest BCUT2D eigenvalue weighted by Crippen LogP contribution is 2.41. The van der Waals surface area contributed by atoms with Gasteiger partial charge in [0.2, 0.25) is 0 Å². The fourth-order valence-corrected chi connectivity index (χ4v) is 5.12. The van der Waals surface area contributed by atoms with Crippen molar-refractivity contribution in [3.63, 3.8) is 0 Å². The predicted molar refractivity (Wildman–Crippen MR) is 148 cm³/mol. The van der Waals surface area contributed by atoms with Crippen LogP contribution >= 0.6 is 0 Å². The van der Waals surface area contributed by atoms with Crippen LogP contribution in [0.3, 0.4) is 0 Å². The minimum atomic E-state index is -2.31. The van der Waals surface area contributed by atoms with Gasteiger partial charge in [0.1, 0.15) is 0 Å². The van der Waals surface area contributed by atoms with Crippen molar-refractivity contribution in [1.82, 2.24) is 45.5 Å². The largest absolute Gasteiger partial charge is 0.285 e. The second-order valence-corrected chi connectivity index (χ2v) is 10.3. The highest BCUT2D eigenvalue weighted by molar-refractivity contribution is 5.76. The first kappa shape index (κ1) is 33.0. The molecule has 0 aliphatic carbocycles. The molecule has 4 heterocycles. The molecule has 0 bridgehead atoms. The van der Waals surface area contributed by atoms with E-state index in [2.05, 4.69) is 45.5 Å². The molecule has 51 heavy (non-hydrogen) atoms. The molecule has 0 aliphatic rings. The van der Waals surface area contributed by atoms with Gasteiger partial charge in [-0.3, -0.25) is 15.3 Å².